The van der Waals surface area contributed by atoms with Crippen molar-refractivity contribution in [3.05, 3.63) is 35.9 Å². The van der Waals surface area contributed by atoms with Gasteiger partial charge in [0.2, 0.25) is 0 Å². The van der Waals surface area contributed by atoms with Gasteiger partial charge in [0.25, 0.3) is 0 Å². The third-order valence-corrected chi connectivity index (χ3v) is 2.17. The van der Waals surface area contributed by atoms with Crippen LogP contribution in [0.2, 0.25) is 0 Å². The van der Waals surface area contributed by atoms with Crippen LogP contribution in [0.15, 0.2) is 30.3 Å². The van der Waals surface area contributed by atoms with Crippen molar-refractivity contribution in [1.82, 2.24) is 4.90 Å². The van der Waals surface area contributed by atoms with E-state index in [-0.39, 0.29) is 0 Å². The summed E-state index contributed by atoms with van der Waals surface area (Å²) in [6.07, 6.45) is 4.74. The Morgan fingerprint density at radius 3 is 2.67 bits per heavy atom. The van der Waals surface area contributed by atoms with Gasteiger partial charge in [-0.25, -0.2) is 4.39 Å². The van der Waals surface area contributed by atoms with Gasteiger partial charge in [-0.1, -0.05) is 36.3 Å². The summed E-state index contributed by atoms with van der Waals surface area (Å²) < 4.78 is 13.6. The van der Waals surface area contributed by atoms with Crippen LogP contribution in [-0.2, 0) is 6.42 Å². The van der Waals surface area contributed by atoms with E-state index in [2.05, 4.69) is 5.92 Å². The molecule has 1 atom stereocenters. The first-order valence-electron chi connectivity index (χ1n) is 5.02. The van der Waals surface area contributed by atoms with Crippen molar-refractivity contribution in [2.45, 2.75) is 12.6 Å². The van der Waals surface area contributed by atoms with Crippen LogP contribution in [0.5, 0.6) is 0 Å². The largest absolute Gasteiger partial charge is 0.293 e. The first kappa shape index (κ1) is 11.7. The summed E-state index contributed by atoms with van der Waals surface area (Å²) in [5.74, 6) is 2.50. The number of terminal acetylenes is 1. The molecule has 2 heteroatoms. The van der Waals surface area contributed by atoms with Crippen molar-refractivity contribution in [2.75, 3.05) is 20.1 Å². The molecule has 1 aromatic rings. The molecule has 0 fully saturated rings. The van der Waals surface area contributed by atoms with Crippen LogP contribution in [0.1, 0.15) is 5.56 Å². The summed E-state index contributed by atoms with van der Waals surface area (Å²) in [6, 6.07) is 9.66. The van der Waals surface area contributed by atoms with Crippen LogP contribution in [0.25, 0.3) is 0 Å². The molecule has 15 heavy (non-hydrogen) atoms. The topological polar surface area (TPSA) is 3.24 Å². The highest BCUT2D eigenvalue weighted by Gasteiger charge is 2.09. The third kappa shape index (κ3) is 4.62. The average Bonchev–Trinajstić information content (AvgIpc) is 2.19. The Morgan fingerprint density at radius 1 is 1.40 bits per heavy atom. The Balaban J connectivity index is 2.37. The Bertz CT molecular complexity index is 315. The zero-order chi connectivity index (χ0) is 11.1. The molecular formula is C13H16FN. The van der Waals surface area contributed by atoms with E-state index in [0.29, 0.717) is 19.5 Å². The number of alkyl halides is 1. The fraction of sp³-hybridized carbons (Fsp3) is 0.385. The van der Waals surface area contributed by atoms with E-state index in [1.165, 1.54) is 0 Å². The maximum atomic E-state index is 13.6. The van der Waals surface area contributed by atoms with E-state index in [1.54, 1.807) is 0 Å². The molecule has 0 saturated heterocycles. The van der Waals surface area contributed by atoms with Crippen LogP contribution >= 0.6 is 0 Å². The van der Waals surface area contributed by atoms with Gasteiger partial charge in [-0.2, -0.15) is 0 Å². The van der Waals surface area contributed by atoms with Crippen LogP contribution in [0.4, 0.5) is 4.39 Å². The molecule has 0 spiro atoms. The van der Waals surface area contributed by atoms with E-state index in [9.17, 15) is 4.39 Å². The average molecular weight is 204 g/mol. The summed E-state index contributed by atoms with van der Waals surface area (Å²) >= 11 is 0. The van der Waals surface area contributed by atoms with E-state index < -0.39 is 6.17 Å². The van der Waals surface area contributed by atoms with Crippen molar-refractivity contribution in [3.63, 3.8) is 0 Å². The maximum absolute atomic E-state index is 13.6. The molecule has 0 aliphatic carbocycles. The number of nitrogens with zero attached hydrogens (tertiary/aromatic N) is 1. The Morgan fingerprint density at radius 2 is 2.07 bits per heavy atom. The Labute approximate surface area is 90.9 Å². The molecule has 0 radical (unpaired) electrons. The van der Waals surface area contributed by atoms with Crippen molar-refractivity contribution in [3.8, 4) is 12.3 Å². The highest BCUT2D eigenvalue weighted by molar-refractivity contribution is 5.15. The zero-order valence-corrected chi connectivity index (χ0v) is 8.99. The number of benzene rings is 1. The standard InChI is InChI=1S/C13H16FN/c1-3-9-15(2)11-13(14)10-12-7-5-4-6-8-12/h1,4-8,13H,9-11H2,2H3/i14-1. The predicted octanol–water partition coefficient (Wildman–Crippen LogP) is 2.13. The summed E-state index contributed by atoms with van der Waals surface area (Å²) in [7, 11) is 1.83. The van der Waals surface area contributed by atoms with Gasteiger partial charge in [0.15, 0.2) is 0 Å². The Hall–Kier alpha value is -1.33. The van der Waals surface area contributed by atoms with E-state index in [1.807, 2.05) is 42.3 Å². The van der Waals surface area contributed by atoms with Gasteiger partial charge in [0.05, 0.1) is 6.54 Å². The van der Waals surface area contributed by atoms with Gasteiger partial charge in [0.1, 0.15) is 6.17 Å². The first-order chi connectivity index (χ1) is 7.22. The zero-order valence-electron chi connectivity index (χ0n) is 8.99. The molecule has 0 aromatic heterocycles. The molecule has 1 unspecified atom stereocenters. The van der Waals surface area contributed by atoms with Crippen molar-refractivity contribution in [2.24, 2.45) is 0 Å². The molecule has 1 aromatic carbocycles. The van der Waals surface area contributed by atoms with Gasteiger partial charge in [0, 0.05) is 13.0 Å². The highest BCUT2D eigenvalue weighted by atomic mass is 18.2. The lowest BCUT2D eigenvalue weighted by Crippen LogP contribution is -2.28. The molecule has 0 saturated carbocycles. The van der Waals surface area contributed by atoms with E-state index in [4.69, 9.17) is 6.42 Å². The monoisotopic (exact) mass is 204 g/mol. The summed E-state index contributed by atoms with van der Waals surface area (Å²) in [6.45, 7) is 0.883. The number of halogens is 1. The third-order valence-electron chi connectivity index (χ3n) is 2.17. The molecule has 1 rings (SSSR count). The van der Waals surface area contributed by atoms with Gasteiger partial charge in [-0.05, 0) is 12.6 Å². The second-order valence-corrected chi connectivity index (χ2v) is 3.69. The number of hydrogen-bond donors (Lipinski definition) is 0. The lowest BCUT2D eigenvalue weighted by molar-refractivity contribution is 0.234. The van der Waals surface area contributed by atoms with Gasteiger partial charge in [-0.3, -0.25) is 4.90 Å². The smallest absolute Gasteiger partial charge is 0.117 e. The van der Waals surface area contributed by atoms with Gasteiger partial charge >= 0.3 is 0 Å². The summed E-state index contributed by atoms with van der Waals surface area (Å²) in [4.78, 5) is 1.81. The predicted molar refractivity (Wildman–Crippen MR) is 61.4 cm³/mol. The van der Waals surface area contributed by atoms with E-state index in [0.717, 1.165) is 5.56 Å². The van der Waals surface area contributed by atoms with Crippen LogP contribution in [-0.4, -0.2) is 31.2 Å². The van der Waals surface area contributed by atoms with Crippen molar-refractivity contribution < 1.29 is 4.39 Å². The normalized spacial score (nSPS) is 12.4. The molecule has 0 aliphatic rings. The molecule has 0 amide bonds. The fourth-order valence-electron chi connectivity index (χ4n) is 1.49. The molecule has 0 heterocycles. The fourth-order valence-corrected chi connectivity index (χ4v) is 1.49. The minimum atomic E-state index is -0.856. The van der Waals surface area contributed by atoms with Crippen molar-refractivity contribution in [1.29, 1.82) is 0 Å². The Kier molecular flexibility index (Phi) is 4.86. The van der Waals surface area contributed by atoms with Crippen molar-refractivity contribution >= 4 is 0 Å². The number of rotatable bonds is 5. The molecule has 80 valence electrons. The number of hydrogen-bond acceptors (Lipinski definition) is 1. The molecular weight excluding hydrogens is 188 g/mol. The quantitative estimate of drug-likeness (QED) is 0.664. The van der Waals surface area contributed by atoms with Crippen LogP contribution in [0.3, 0.4) is 0 Å². The van der Waals surface area contributed by atoms with Gasteiger partial charge < -0.3 is 0 Å². The minimum Gasteiger partial charge on any atom is -0.293 e. The lowest BCUT2D eigenvalue weighted by atomic mass is 10.1. The van der Waals surface area contributed by atoms with Gasteiger partial charge in [-0.15, -0.1) is 6.42 Å². The highest BCUT2D eigenvalue weighted by Crippen LogP contribution is 2.06. The molecule has 0 aliphatic heterocycles. The maximum Gasteiger partial charge on any atom is 0.117 e. The molecule has 0 bridgehead atoms. The second kappa shape index (κ2) is 6.21. The first-order valence-corrected chi connectivity index (χ1v) is 5.02. The molecule has 1 nitrogen and oxygen atoms in total. The summed E-state index contributed by atoms with van der Waals surface area (Å²) in [5.41, 5.74) is 1.03. The SMILES string of the molecule is C#CCN(C)CC([18F])Cc1ccccc1. The van der Waals surface area contributed by atoms with Crippen LogP contribution in [0, 0.1) is 12.3 Å². The lowest BCUT2D eigenvalue weighted by Gasteiger charge is -2.16. The van der Waals surface area contributed by atoms with E-state index >= 15 is 0 Å². The second-order valence-electron chi connectivity index (χ2n) is 3.69. The molecule has 0 N–H and O–H groups in total. The minimum absolute atomic E-state index is 0.388. The summed E-state index contributed by atoms with van der Waals surface area (Å²) in [5, 5.41) is 0. The van der Waals surface area contributed by atoms with Crippen LogP contribution < -0.4 is 0 Å².